The number of ether oxygens (including phenoxy) is 3. The molecule has 14 nitrogen and oxygen atoms in total. The number of piperidine rings is 1. The molecule has 2 spiro atoms. The van der Waals surface area contributed by atoms with E-state index in [4.69, 9.17) is 19.0 Å². The fourth-order valence-electron chi connectivity index (χ4n) is 6.16. The molecule has 258 valence electrons. The topological polar surface area (TPSA) is 179 Å². The number of amides is 3. The van der Waals surface area contributed by atoms with Gasteiger partial charge in [0.2, 0.25) is 11.6 Å². The third kappa shape index (κ3) is 8.73. The van der Waals surface area contributed by atoms with E-state index in [1.165, 1.54) is 18.1 Å². The molecule has 4 heterocycles. The average molecular weight is 651 g/mol. The van der Waals surface area contributed by atoms with Crippen LogP contribution >= 0.6 is 0 Å². The highest BCUT2D eigenvalue weighted by molar-refractivity contribution is 5.91. The number of aliphatic hydroxyl groups is 3. The zero-order valence-electron chi connectivity index (χ0n) is 27.3. The van der Waals surface area contributed by atoms with Gasteiger partial charge in [-0.25, -0.2) is 9.90 Å². The van der Waals surface area contributed by atoms with Gasteiger partial charge in [-0.15, -0.1) is 0 Å². The molecule has 0 aromatic heterocycles. The first-order valence-electron chi connectivity index (χ1n) is 16.1. The predicted octanol–water partition coefficient (Wildman–Crippen LogP) is 0.732. The average Bonchev–Trinajstić information content (AvgIpc) is 2.99. The molecule has 3 amide bonds. The Morgan fingerprint density at radius 1 is 1.09 bits per heavy atom. The zero-order valence-corrected chi connectivity index (χ0v) is 27.3. The fourth-order valence-corrected chi connectivity index (χ4v) is 6.16. The second-order valence-electron chi connectivity index (χ2n) is 12.9. The van der Waals surface area contributed by atoms with Crippen LogP contribution in [0.25, 0.3) is 0 Å². The maximum Gasteiger partial charge on any atom is 0.276 e. The third-order valence-electron chi connectivity index (χ3n) is 8.93. The molecule has 0 saturated carbocycles. The van der Waals surface area contributed by atoms with Gasteiger partial charge in [0, 0.05) is 50.3 Å². The van der Waals surface area contributed by atoms with Gasteiger partial charge in [-0.05, 0) is 59.8 Å². The Kier molecular flexibility index (Phi) is 12.0. The van der Waals surface area contributed by atoms with Crippen molar-refractivity contribution in [1.82, 2.24) is 20.6 Å². The van der Waals surface area contributed by atoms with E-state index in [9.17, 15) is 29.7 Å². The number of rotatable bonds is 10. The lowest BCUT2D eigenvalue weighted by atomic mass is 9.82. The highest BCUT2D eigenvalue weighted by atomic mass is 16.7. The third-order valence-corrected chi connectivity index (χ3v) is 8.93. The molecular weight excluding hydrogens is 600 g/mol. The normalized spacial score (nSPS) is 33.2. The van der Waals surface area contributed by atoms with Crippen molar-refractivity contribution < 1.29 is 48.8 Å². The van der Waals surface area contributed by atoms with E-state index < -0.39 is 54.0 Å². The van der Waals surface area contributed by atoms with Crippen molar-refractivity contribution in [2.45, 2.75) is 115 Å². The molecule has 4 saturated heterocycles. The van der Waals surface area contributed by atoms with Gasteiger partial charge < -0.3 is 45.1 Å². The number of nitrogens with one attached hydrogen (secondary N) is 2. The summed E-state index contributed by atoms with van der Waals surface area (Å²) in [5, 5.41) is 36.5. The van der Waals surface area contributed by atoms with E-state index in [0.29, 0.717) is 63.9 Å². The molecule has 4 rings (SSSR count). The number of hydroxylamine groups is 2. The van der Waals surface area contributed by atoms with Crippen molar-refractivity contribution in [2.24, 2.45) is 0 Å². The van der Waals surface area contributed by atoms with Crippen LogP contribution in [0.2, 0.25) is 0 Å². The Hall–Kier alpha value is -2.85. The summed E-state index contributed by atoms with van der Waals surface area (Å²) >= 11 is 0. The first-order chi connectivity index (χ1) is 21.7. The van der Waals surface area contributed by atoms with Crippen molar-refractivity contribution >= 4 is 17.7 Å². The second kappa shape index (κ2) is 15.4. The Morgan fingerprint density at radius 2 is 1.76 bits per heavy atom. The van der Waals surface area contributed by atoms with Crippen molar-refractivity contribution in [3.8, 4) is 0 Å². The van der Waals surface area contributed by atoms with Gasteiger partial charge in [-0.2, -0.15) is 0 Å². The minimum Gasteiger partial charge on any atom is -0.390 e. The summed E-state index contributed by atoms with van der Waals surface area (Å²) in [4.78, 5) is 47.6. The van der Waals surface area contributed by atoms with Gasteiger partial charge in [0.05, 0.1) is 31.0 Å². The lowest BCUT2D eigenvalue weighted by Gasteiger charge is -2.53. The molecule has 0 aromatic carbocycles. The van der Waals surface area contributed by atoms with Gasteiger partial charge >= 0.3 is 0 Å². The summed E-state index contributed by atoms with van der Waals surface area (Å²) in [6.07, 6.45) is 2.23. The molecule has 14 heteroatoms. The van der Waals surface area contributed by atoms with Crippen molar-refractivity contribution in [1.29, 1.82) is 0 Å². The molecule has 0 bridgehead atoms. The summed E-state index contributed by atoms with van der Waals surface area (Å²) < 4.78 is 16.4. The van der Waals surface area contributed by atoms with Crippen LogP contribution in [0.15, 0.2) is 35.6 Å². The van der Waals surface area contributed by atoms with E-state index in [0.717, 1.165) is 11.1 Å². The number of nitrogens with zero attached hydrogens (tertiary/aromatic N) is 2. The van der Waals surface area contributed by atoms with E-state index in [2.05, 4.69) is 17.2 Å². The van der Waals surface area contributed by atoms with Crippen LogP contribution in [0.5, 0.6) is 0 Å². The van der Waals surface area contributed by atoms with Crippen molar-refractivity contribution in [3.63, 3.8) is 0 Å². The first-order valence-corrected chi connectivity index (χ1v) is 16.1. The Labute approximate surface area is 270 Å². The minimum absolute atomic E-state index is 0.158. The molecule has 0 aliphatic carbocycles. The van der Waals surface area contributed by atoms with Crippen LogP contribution in [-0.2, 0) is 33.4 Å². The minimum atomic E-state index is -1.51. The Bertz CT molecular complexity index is 1200. The van der Waals surface area contributed by atoms with Crippen LogP contribution in [0, 0.1) is 0 Å². The summed E-state index contributed by atoms with van der Waals surface area (Å²) in [5.41, 5.74) is -0.319. The lowest BCUT2D eigenvalue weighted by molar-refractivity contribution is -0.263. The van der Waals surface area contributed by atoms with Gasteiger partial charge in [-0.1, -0.05) is 17.7 Å². The maximum absolute atomic E-state index is 13.7. The number of piperazine rings is 1. The molecule has 46 heavy (non-hydrogen) atoms. The van der Waals surface area contributed by atoms with Crippen LogP contribution in [0.1, 0.15) is 72.6 Å². The van der Waals surface area contributed by atoms with Gasteiger partial charge in [0.15, 0.2) is 12.6 Å². The smallest absolute Gasteiger partial charge is 0.276 e. The molecule has 7 unspecified atom stereocenters. The summed E-state index contributed by atoms with van der Waals surface area (Å²) in [5.74, 6) is -1.00. The number of likely N-dealkylation sites (tertiary alicyclic amines) is 1. The quantitative estimate of drug-likeness (QED) is 0.166. The first kappa shape index (κ1) is 36.0. The number of aliphatic hydroxyl groups excluding tert-OH is 3. The highest BCUT2D eigenvalue weighted by Gasteiger charge is 2.55. The lowest BCUT2D eigenvalue weighted by Crippen LogP contribution is -2.76. The van der Waals surface area contributed by atoms with E-state index in [1.54, 1.807) is 24.8 Å². The zero-order chi connectivity index (χ0) is 33.6. The standard InChI is InChI=1S/C32H50N4O10/c1-20(8-14-43-24(5)37)16-26(39)35-12-6-10-31(19-35)23(4)33-32(30(42)34-31)11-7-13-36(46-32)27(40)17-21(2)9-15-44-28-18-25(38)29(41)22(3)45-28/h16-17,22,24-25,28-29,33,37-38,41H,4,6-15,18-19H2,1-3,5H3,(H,34,42)/b20-16+,21-17+. The van der Waals surface area contributed by atoms with Gasteiger partial charge in [-0.3, -0.25) is 14.4 Å². The van der Waals surface area contributed by atoms with Crippen molar-refractivity contribution in [2.75, 3.05) is 32.8 Å². The SMILES string of the molecule is C=C1NC2(CCCN(C(=O)/C=C(\C)CCOC3CC(O)C(O)C(C)O3)O2)C(=O)NC12CCCN(C(=O)/C=C(\C)CCOC(C)O)C2. The molecular formula is C32H50N4O10. The molecule has 7 atom stereocenters. The number of hydrogen-bond acceptors (Lipinski definition) is 11. The van der Waals surface area contributed by atoms with Crippen LogP contribution in [-0.4, -0.2) is 118 Å². The van der Waals surface area contributed by atoms with Gasteiger partial charge in [0.1, 0.15) is 6.10 Å². The molecule has 5 N–H and O–H groups in total. The summed E-state index contributed by atoms with van der Waals surface area (Å²) in [6.45, 7) is 12.7. The number of carbonyl (C=O) groups is 3. The largest absolute Gasteiger partial charge is 0.390 e. The van der Waals surface area contributed by atoms with Gasteiger partial charge in [0.25, 0.3) is 11.8 Å². The summed E-state index contributed by atoms with van der Waals surface area (Å²) in [7, 11) is 0. The Morgan fingerprint density at radius 3 is 2.46 bits per heavy atom. The summed E-state index contributed by atoms with van der Waals surface area (Å²) in [6, 6.07) is 0. The fraction of sp³-hybridized carbons (Fsp3) is 0.719. The molecule has 0 radical (unpaired) electrons. The Balaban J connectivity index is 1.31. The predicted molar refractivity (Wildman–Crippen MR) is 165 cm³/mol. The maximum atomic E-state index is 13.7. The van der Waals surface area contributed by atoms with E-state index in [1.807, 2.05) is 6.92 Å². The molecule has 0 aromatic rings. The highest BCUT2D eigenvalue weighted by Crippen LogP contribution is 2.36. The van der Waals surface area contributed by atoms with E-state index in [-0.39, 0.29) is 25.5 Å². The van der Waals surface area contributed by atoms with Crippen LogP contribution in [0.3, 0.4) is 0 Å². The number of carbonyl (C=O) groups excluding carboxylic acids is 3. The van der Waals surface area contributed by atoms with Crippen LogP contribution in [0.4, 0.5) is 0 Å². The second-order valence-corrected chi connectivity index (χ2v) is 12.9. The number of hydrogen-bond donors (Lipinski definition) is 5. The molecule has 4 fully saturated rings. The van der Waals surface area contributed by atoms with Crippen molar-refractivity contribution in [3.05, 3.63) is 35.6 Å². The molecule has 4 aliphatic heterocycles. The van der Waals surface area contributed by atoms with Crippen LogP contribution < -0.4 is 10.6 Å². The van der Waals surface area contributed by atoms with E-state index >= 15 is 0 Å². The molecule has 4 aliphatic rings. The monoisotopic (exact) mass is 650 g/mol.